The molecule has 0 radical (unpaired) electrons. The second-order valence-corrected chi connectivity index (χ2v) is 3.80. The fourth-order valence-corrected chi connectivity index (χ4v) is 1.60. The molecule has 0 unspecified atom stereocenters. The number of nitrogens with zero attached hydrogens (tertiary/aromatic N) is 5. The standard InChI is InChI=1S/C12H13N7O/c13-16-18-19-17-15-12-5-4-11(7-14-12)10-3-1-2-9(6-10)8-20/h1-7,20H,8H2,(H2,13,17,18)(H,14,15,16,19). The summed E-state index contributed by atoms with van der Waals surface area (Å²) in [7, 11) is 0. The van der Waals surface area contributed by atoms with Crippen LogP contribution in [0.15, 0.2) is 63.5 Å². The largest absolute Gasteiger partial charge is 0.392 e. The minimum atomic E-state index is 0.0109. The minimum absolute atomic E-state index is 0.0109. The molecule has 8 nitrogen and oxygen atoms in total. The van der Waals surface area contributed by atoms with Crippen molar-refractivity contribution in [3.63, 3.8) is 0 Å². The van der Waals surface area contributed by atoms with Gasteiger partial charge in [-0.2, -0.15) is 0 Å². The minimum Gasteiger partial charge on any atom is -0.392 e. The third-order valence-corrected chi connectivity index (χ3v) is 2.51. The first-order valence-corrected chi connectivity index (χ1v) is 5.75. The number of aliphatic hydroxyl groups excluding tert-OH is 1. The number of nitrogens with two attached hydrogens (primary N) is 1. The molecular weight excluding hydrogens is 258 g/mol. The predicted molar refractivity (Wildman–Crippen MR) is 73.1 cm³/mol. The van der Waals surface area contributed by atoms with Gasteiger partial charge in [0.1, 0.15) is 5.82 Å². The van der Waals surface area contributed by atoms with Gasteiger partial charge in [0.25, 0.3) is 0 Å². The Labute approximate surface area is 115 Å². The zero-order valence-electron chi connectivity index (χ0n) is 10.5. The van der Waals surface area contributed by atoms with Crippen LogP contribution < -0.4 is 11.3 Å². The maximum Gasteiger partial charge on any atom is 0.147 e. The lowest BCUT2D eigenvalue weighted by molar-refractivity contribution is 0.282. The number of pyridine rings is 1. The highest BCUT2D eigenvalue weighted by Gasteiger charge is 2.00. The van der Waals surface area contributed by atoms with E-state index in [9.17, 15) is 0 Å². The molecule has 8 heteroatoms. The van der Waals surface area contributed by atoms with Crippen LogP contribution in [0.1, 0.15) is 5.56 Å². The first-order chi connectivity index (χ1) is 9.83. The molecule has 0 saturated carbocycles. The Balaban J connectivity index is 2.11. The lowest BCUT2D eigenvalue weighted by Crippen LogP contribution is -1.91. The van der Waals surface area contributed by atoms with Crippen LogP contribution in [0, 0.1) is 0 Å². The molecule has 0 atom stereocenters. The molecule has 0 fully saturated rings. The van der Waals surface area contributed by atoms with E-state index in [1.807, 2.05) is 30.3 Å². The van der Waals surface area contributed by atoms with Gasteiger partial charge in [0.05, 0.1) is 6.61 Å². The maximum absolute atomic E-state index is 9.12. The molecule has 0 aliphatic heterocycles. The molecule has 0 aliphatic carbocycles. The zero-order chi connectivity index (χ0) is 14.2. The number of benzene rings is 1. The number of nitrogens with one attached hydrogen (secondary N) is 1. The van der Waals surface area contributed by atoms with Crippen molar-refractivity contribution in [1.29, 1.82) is 0 Å². The van der Waals surface area contributed by atoms with Crippen molar-refractivity contribution in [2.24, 2.45) is 26.7 Å². The summed E-state index contributed by atoms with van der Waals surface area (Å²) >= 11 is 0. The van der Waals surface area contributed by atoms with Gasteiger partial charge in [-0.05, 0) is 45.0 Å². The molecule has 1 heterocycles. The van der Waals surface area contributed by atoms with E-state index >= 15 is 0 Å². The van der Waals surface area contributed by atoms with Crippen molar-refractivity contribution >= 4 is 5.82 Å². The van der Waals surface area contributed by atoms with Gasteiger partial charge in [-0.1, -0.05) is 23.4 Å². The summed E-state index contributed by atoms with van der Waals surface area (Å²) in [6, 6.07) is 11.2. The van der Waals surface area contributed by atoms with E-state index < -0.39 is 0 Å². The summed E-state index contributed by atoms with van der Waals surface area (Å²) in [4.78, 5) is 4.18. The summed E-state index contributed by atoms with van der Waals surface area (Å²) in [6.07, 6.45) is 1.69. The number of aliphatic hydroxyl groups is 1. The number of anilines is 1. The molecule has 0 spiro atoms. The molecule has 0 amide bonds. The summed E-state index contributed by atoms with van der Waals surface area (Å²) in [5.74, 6) is 5.28. The topological polar surface area (TPSA) is 121 Å². The molecule has 2 rings (SSSR count). The molecule has 102 valence electrons. The van der Waals surface area contributed by atoms with Gasteiger partial charge in [0, 0.05) is 11.8 Å². The van der Waals surface area contributed by atoms with Crippen molar-refractivity contribution < 1.29 is 5.11 Å². The number of rotatable bonds is 5. The molecule has 1 aromatic heterocycles. The first-order valence-electron chi connectivity index (χ1n) is 5.75. The van der Waals surface area contributed by atoms with E-state index in [1.165, 1.54) is 0 Å². The molecular formula is C12H13N7O. The van der Waals surface area contributed by atoms with E-state index in [0.717, 1.165) is 16.7 Å². The van der Waals surface area contributed by atoms with Gasteiger partial charge in [0.15, 0.2) is 0 Å². The van der Waals surface area contributed by atoms with Gasteiger partial charge in [-0.3, -0.25) is 0 Å². The van der Waals surface area contributed by atoms with E-state index in [1.54, 1.807) is 12.3 Å². The Bertz CT molecular complexity index is 609. The smallest absolute Gasteiger partial charge is 0.147 e. The fraction of sp³-hybridized carbons (Fsp3) is 0.0833. The van der Waals surface area contributed by atoms with Crippen LogP contribution in [0.25, 0.3) is 11.1 Å². The second-order valence-electron chi connectivity index (χ2n) is 3.80. The van der Waals surface area contributed by atoms with E-state index in [4.69, 9.17) is 10.9 Å². The SMILES string of the molecule is NN=NN=NNc1ccc(-c2cccc(CO)c2)cn1. The van der Waals surface area contributed by atoms with E-state index in [2.05, 4.69) is 31.3 Å². The lowest BCUT2D eigenvalue weighted by Gasteiger charge is -2.04. The Morgan fingerprint density at radius 2 is 2.05 bits per heavy atom. The third kappa shape index (κ3) is 3.56. The summed E-state index contributed by atoms with van der Waals surface area (Å²) in [5, 5.41) is 21.9. The molecule has 0 saturated heterocycles. The summed E-state index contributed by atoms with van der Waals surface area (Å²) in [5.41, 5.74) is 5.35. The van der Waals surface area contributed by atoms with Gasteiger partial charge in [-0.25, -0.2) is 10.4 Å². The Morgan fingerprint density at radius 1 is 1.15 bits per heavy atom. The molecule has 2 aromatic rings. The zero-order valence-corrected chi connectivity index (χ0v) is 10.5. The van der Waals surface area contributed by atoms with Crippen molar-refractivity contribution in [3.05, 3.63) is 48.2 Å². The van der Waals surface area contributed by atoms with E-state index in [0.29, 0.717) is 5.82 Å². The monoisotopic (exact) mass is 271 g/mol. The number of aromatic nitrogens is 1. The normalized spacial score (nSPS) is 11.2. The van der Waals surface area contributed by atoms with Crippen LogP contribution in [0.5, 0.6) is 0 Å². The average molecular weight is 271 g/mol. The van der Waals surface area contributed by atoms with Gasteiger partial charge >= 0.3 is 0 Å². The maximum atomic E-state index is 9.12. The predicted octanol–water partition coefficient (Wildman–Crippen LogP) is 2.26. The highest BCUT2D eigenvalue weighted by molar-refractivity contribution is 5.64. The van der Waals surface area contributed by atoms with Crippen LogP contribution in [0.3, 0.4) is 0 Å². The van der Waals surface area contributed by atoms with Crippen LogP contribution in [-0.4, -0.2) is 10.1 Å². The third-order valence-electron chi connectivity index (χ3n) is 2.51. The Morgan fingerprint density at radius 3 is 2.75 bits per heavy atom. The lowest BCUT2D eigenvalue weighted by atomic mass is 10.1. The molecule has 20 heavy (non-hydrogen) atoms. The van der Waals surface area contributed by atoms with Crippen molar-refractivity contribution in [3.8, 4) is 11.1 Å². The van der Waals surface area contributed by atoms with Crippen molar-refractivity contribution in [2.75, 3.05) is 5.43 Å². The van der Waals surface area contributed by atoms with Crippen molar-refractivity contribution in [1.82, 2.24) is 4.98 Å². The van der Waals surface area contributed by atoms with E-state index in [-0.39, 0.29) is 6.61 Å². The van der Waals surface area contributed by atoms with Crippen LogP contribution in [0.2, 0.25) is 0 Å². The second kappa shape index (κ2) is 6.90. The van der Waals surface area contributed by atoms with Crippen molar-refractivity contribution in [2.45, 2.75) is 6.61 Å². The molecule has 0 bridgehead atoms. The van der Waals surface area contributed by atoms with Gasteiger partial charge in [0.2, 0.25) is 0 Å². The Kier molecular flexibility index (Phi) is 4.68. The highest BCUT2D eigenvalue weighted by atomic mass is 16.3. The quantitative estimate of drug-likeness (QED) is 0.438. The molecule has 4 N–H and O–H groups in total. The number of hydrogen-bond acceptors (Lipinski definition) is 4. The molecule has 0 aliphatic rings. The molecule has 1 aromatic carbocycles. The van der Waals surface area contributed by atoms with Gasteiger partial charge < -0.3 is 10.9 Å². The number of hydrogen-bond donors (Lipinski definition) is 3. The summed E-state index contributed by atoms with van der Waals surface area (Å²) in [6.45, 7) is 0.0109. The van der Waals surface area contributed by atoms with Crippen LogP contribution in [-0.2, 0) is 6.61 Å². The van der Waals surface area contributed by atoms with Crippen LogP contribution >= 0.6 is 0 Å². The fourth-order valence-electron chi connectivity index (χ4n) is 1.60. The highest BCUT2D eigenvalue weighted by Crippen LogP contribution is 2.20. The van der Waals surface area contributed by atoms with Gasteiger partial charge in [-0.15, -0.1) is 0 Å². The first kappa shape index (κ1) is 13.6. The average Bonchev–Trinajstić information content (AvgIpc) is 2.52. The summed E-state index contributed by atoms with van der Waals surface area (Å²) < 4.78 is 0. The van der Waals surface area contributed by atoms with Crippen LogP contribution in [0.4, 0.5) is 5.82 Å². The Hall–Kier alpha value is -2.87.